The lowest BCUT2D eigenvalue weighted by atomic mass is 10.4. The molecule has 1 heterocycles. The van der Waals surface area contributed by atoms with Crippen LogP contribution in [0, 0.1) is 5.21 Å². The van der Waals surface area contributed by atoms with E-state index in [1.165, 1.54) is 6.92 Å². The van der Waals surface area contributed by atoms with E-state index in [1.54, 1.807) is 0 Å². The molecule has 1 aliphatic heterocycles. The molecule has 0 N–H and O–H groups in total. The van der Waals surface area contributed by atoms with Crippen molar-refractivity contribution in [3.05, 3.63) is 5.21 Å². The van der Waals surface area contributed by atoms with Crippen LogP contribution in [0.25, 0.3) is 0 Å². The number of amides is 2. The molecule has 8 heteroatoms. The maximum absolute atomic E-state index is 11.2. The first-order valence-corrected chi connectivity index (χ1v) is 5.50. The molecular weight excluding hydrogens is 213 g/mol. The van der Waals surface area contributed by atoms with Crippen LogP contribution < -0.4 is 4.89 Å². The number of hydroxylamine groups is 2. The van der Waals surface area contributed by atoms with Gasteiger partial charge in [0.2, 0.25) is 11.8 Å². The highest BCUT2D eigenvalue weighted by Crippen LogP contribution is 2.47. The van der Waals surface area contributed by atoms with Gasteiger partial charge in [0, 0.05) is 6.42 Å². The van der Waals surface area contributed by atoms with E-state index in [0.717, 1.165) is 0 Å². The molecule has 0 aromatic heterocycles. The SMILES string of the molecule is CCOP(=O)([O-])C1CC(=O)N([O-])C1=O. The van der Waals surface area contributed by atoms with E-state index in [0.29, 0.717) is 0 Å². The molecule has 0 spiro atoms. The number of imide groups is 1. The highest BCUT2D eigenvalue weighted by molar-refractivity contribution is 7.53. The second-order valence-corrected chi connectivity index (χ2v) is 4.67. The van der Waals surface area contributed by atoms with Gasteiger partial charge in [-0.2, -0.15) is 0 Å². The van der Waals surface area contributed by atoms with E-state index in [-0.39, 0.29) is 6.61 Å². The molecule has 2 unspecified atom stereocenters. The zero-order chi connectivity index (χ0) is 10.9. The zero-order valence-electron chi connectivity index (χ0n) is 7.34. The lowest BCUT2D eigenvalue weighted by Crippen LogP contribution is -2.29. The summed E-state index contributed by atoms with van der Waals surface area (Å²) >= 11 is 0. The number of nitrogens with zero attached hydrogens (tertiary/aromatic N) is 1. The summed E-state index contributed by atoms with van der Waals surface area (Å²) < 4.78 is 15.5. The van der Waals surface area contributed by atoms with Crippen molar-refractivity contribution in [3.63, 3.8) is 0 Å². The highest BCUT2D eigenvalue weighted by atomic mass is 31.2. The van der Waals surface area contributed by atoms with Gasteiger partial charge in [-0.3, -0.25) is 9.59 Å². The van der Waals surface area contributed by atoms with Gasteiger partial charge in [-0.25, -0.2) is 0 Å². The van der Waals surface area contributed by atoms with Crippen LogP contribution in [-0.2, 0) is 18.7 Å². The van der Waals surface area contributed by atoms with Crippen molar-refractivity contribution >= 4 is 19.4 Å². The third-order valence-corrected chi connectivity index (χ3v) is 3.56. The second kappa shape index (κ2) is 3.78. The lowest BCUT2D eigenvalue weighted by molar-refractivity contribution is -0.200. The van der Waals surface area contributed by atoms with Gasteiger partial charge in [-0.05, 0) is 6.92 Å². The molecule has 7 nitrogen and oxygen atoms in total. The number of carbonyl (C=O) groups excluding carboxylic acids is 2. The maximum atomic E-state index is 11.2. The fraction of sp³-hybridized carbons (Fsp3) is 0.667. The largest absolute Gasteiger partial charge is 0.778 e. The average Bonchev–Trinajstić information content (AvgIpc) is 2.33. The molecule has 2 atom stereocenters. The van der Waals surface area contributed by atoms with Crippen LogP contribution in [0.4, 0.5) is 0 Å². The first-order chi connectivity index (χ1) is 6.40. The highest BCUT2D eigenvalue weighted by Gasteiger charge is 2.40. The molecule has 0 bridgehead atoms. The minimum Gasteiger partial charge on any atom is -0.778 e. The molecule has 1 aliphatic rings. The topological polar surface area (TPSA) is 110 Å². The van der Waals surface area contributed by atoms with Crippen molar-refractivity contribution in [3.8, 4) is 0 Å². The number of hydrogen-bond donors (Lipinski definition) is 0. The summed E-state index contributed by atoms with van der Waals surface area (Å²) in [6.07, 6.45) is -0.622. The molecule has 0 aliphatic carbocycles. The molecule has 2 amide bonds. The second-order valence-electron chi connectivity index (χ2n) is 2.70. The number of carbonyl (C=O) groups is 2. The van der Waals surface area contributed by atoms with Crippen LogP contribution in [0.2, 0.25) is 0 Å². The first kappa shape index (κ1) is 11.3. The van der Waals surface area contributed by atoms with Gasteiger partial charge >= 0.3 is 0 Å². The van der Waals surface area contributed by atoms with Crippen LogP contribution in [0.15, 0.2) is 0 Å². The van der Waals surface area contributed by atoms with Gasteiger partial charge in [0.1, 0.15) is 13.3 Å². The molecule has 0 radical (unpaired) electrons. The third-order valence-electron chi connectivity index (χ3n) is 1.77. The van der Waals surface area contributed by atoms with Gasteiger partial charge < -0.3 is 24.3 Å². The van der Waals surface area contributed by atoms with E-state index in [9.17, 15) is 24.3 Å². The summed E-state index contributed by atoms with van der Waals surface area (Å²) in [7, 11) is -4.43. The van der Waals surface area contributed by atoms with E-state index in [1.807, 2.05) is 0 Å². The smallest absolute Gasteiger partial charge is 0.230 e. The van der Waals surface area contributed by atoms with E-state index in [4.69, 9.17) is 0 Å². The van der Waals surface area contributed by atoms with Crippen molar-refractivity contribution in [2.75, 3.05) is 6.61 Å². The molecular formula is C6H8NO6P-2. The number of hydrogen-bond acceptors (Lipinski definition) is 6. The molecule has 80 valence electrons. The molecule has 0 saturated carbocycles. The first-order valence-electron chi connectivity index (χ1n) is 3.89. The average molecular weight is 221 g/mol. The Morgan fingerprint density at radius 3 is 2.57 bits per heavy atom. The molecule has 1 fully saturated rings. The van der Waals surface area contributed by atoms with E-state index >= 15 is 0 Å². The van der Waals surface area contributed by atoms with Crippen molar-refractivity contribution in [2.24, 2.45) is 0 Å². The number of rotatable bonds is 3. The Morgan fingerprint density at radius 2 is 2.21 bits per heavy atom. The lowest BCUT2D eigenvalue weighted by Gasteiger charge is -2.28. The quantitative estimate of drug-likeness (QED) is 0.455. The minimum atomic E-state index is -4.43. The summed E-state index contributed by atoms with van der Waals surface area (Å²) in [5.74, 6) is -2.31. The van der Waals surface area contributed by atoms with Crippen molar-refractivity contribution in [1.29, 1.82) is 0 Å². The van der Waals surface area contributed by atoms with Crippen molar-refractivity contribution < 1.29 is 23.6 Å². The fourth-order valence-electron chi connectivity index (χ4n) is 1.11. The summed E-state index contributed by atoms with van der Waals surface area (Å²) in [6.45, 7) is 1.30. The van der Waals surface area contributed by atoms with Crippen LogP contribution in [0.1, 0.15) is 13.3 Å². The van der Waals surface area contributed by atoms with Gasteiger partial charge in [-0.1, -0.05) is 0 Å². The minimum absolute atomic E-state index is 0.127. The Kier molecular flexibility index (Phi) is 3.06. The molecule has 14 heavy (non-hydrogen) atoms. The molecule has 0 aromatic carbocycles. The fourth-order valence-corrected chi connectivity index (χ4v) is 2.41. The van der Waals surface area contributed by atoms with Gasteiger partial charge in [0.25, 0.3) is 0 Å². The summed E-state index contributed by atoms with van der Waals surface area (Å²) in [5, 5.41) is 10.2. The Bertz CT molecular complexity index is 315. The van der Waals surface area contributed by atoms with Gasteiger partial charge in [0.05, 0.1) is 6.61 Å². The Labute approximate surface area is 79.8 Å². The summed E-state index contributed by atoms with van der Waals surface area (Å²) in [5.41, 5.74) is -1.65. The zero-order valence-corrected chi connectivity index (χ0v) is 8.23. The molecule has 1 rings (SSSR count). The van der Waals surface area contributed by atoms with Crippen LogP contribution in [0.5, 0.6) is 0 Å². The van der Waals surface area contributed by atoms with Gasteiger partial charge in [-0.15, -0.1) is 0 Å². The monoisotopic (exact) mass is 221 g/mol. The van der Waals surface area contributed by atoms with Crippen molar-refractivity contribution in [1.82, 2.24) is 5.06 Å². The van der Waals surface area contributed by atoms with Crippen LogP contribution >= 0.6 is 7.60 Å². The maximum Gasteiger partial charge on any atom is 0.230 e. The Balaban J connectivity index is 2.86. The standard InChI is InChI=1S/C6H9NO6P/c1-2-13-14(11,12)4-3-5(8)7(10)6(4)9/h4H,2-3H2,1H3,(H,11,12)/q-1/p-1. The van der Waals surface area contributed by atoms with Gasteiger partial charge in [0.15, 0.2) is 0 Å². The predicted molar refractivity (Wildman–Crippen MR) is 42.9 cm³/mol. The normalized spacial score (nSPS) is 26.8. The predicted octanol–water partition coefficient (Wildman–Crippen LogP) is -0.798. The summed E-state index contributed by atoms with van der Waals surface area (Å²) in [4.78, 5) is 32.9. The molecule has 1 saturated heterocycles. The van der Waals surface area contributed by atoms with Crippen LogP contribution in [0.3, 0.4) is 0 Å². The summed E-state index contributed by atoms with van der Waals surface area (Å²) in [6, 6.07) is 0. The van der Waals surface area contributed by atoms with E-state index < -0.39 is 36.6 Å². The van der Waals surface area contributed by atoms with Crippen molar-refractivity contribution in [2.45, 2.75) is 19.0 Å². The van der Waals surface area contributed by atoms with E-state index in [2.05, 4.69) is 4.52 Å². The molecule has 0 aromatic rings. The third kappa shape index (κ3) is 1.85. The Hall–Kier alpha value is -0.750. The Morgan fingerprint density at radius 1 is 1.64 bits per heavy atom. The van der Waals surface area contributed by atoms with Crippen LogP contribution in [-0.4, -0.2) is 29.1 Å².